The third-order valence-electron chi connectivity index (χ3n) is 10.9. The maximum absolute atomic E-state index is 10.7. The molecule has 1 aromatic rings. The molecule has 0 radical (unpaired) electrons. The molecule has 0 heterocycles. The van der Waals surface area contributed by atoms with Gasteiger partial charge in [-0.3, -0.25) is 0 Å². The lowest BCUT2D eigenvalue weighted by molar-refractivity contribution is -0.0577. The maximum atomic E-state index is 10.7. The lowest BCUT2D eigenvalue weighted by atomic mass is 9.47. The molecule has 2 N–H and O–H groups in total. The van der Waals surface area contributed by atoms with E-state index in [1.807, 2.05) is 18.2 Å². The monoisotopic (exact) mass is 436 g/mol. The molecule has 4 aliphatic carbocycles. The summed E-state index contributed by atoms with van der Waals surface area (Å²) in [4.78, 5) is 0. The highest BCUT2D eigenvalue weighted by Gasteiger charge is 2.59. The van der Waals surface area contributed by atoms with Crippen LogP contribution in [0.25, 0.3) is 0 Å². The van der Waals surface area contributed by atoms with Crippen molar-refractivity contribution in [3.05, 3.63) is 47.5 Å². The van der Waals surface area contributed by atoms with E-state index in [0.717, 1.165) is 54.9 Å². The quantitative estimate of drug-likeness (QED) is 0.484. The zero-order valence-electron chi connectivity index (χ0n) is 20.5. The fraction of sp³-hybridized carbons (Fsp3) is 0.733. The predicted molar refractivity (Wildman–Crippen MR) is 131 cm³/mol. The molecule has 3 fully saturated rings. The maximum Gasteiger partial charge on any atom is 0.0790 e. The van der Waals surface area contributed by atoms with Gasteiger partial charge in [0, 0.05) is 0 Å². The average molecular weight is 437 g/mol. The highest BCUT2D eigenvalue weighted by atomic mass is 16.3. The molecular weight excluding hydrogens is 392 g/mol. The van der Waals surface area contributed by atoms with Crippen molar-refractivity contribution < 1.29 is 10.2 Å². The summed E-state index contributed by atoms with van der Waals surface area (Å²) in [6.07, 6.45) is 14.0. The molecular formula is C30H44O2. The number of benzene rings is 1. The zero-order chi connectivity index (χ0) is 22.5. The van der Waals surface area contributed by atoms with Crippen molar-refractivity contribution in [2.24, 2.45) is 40.4 Å². The van der Waals surface area contributed by atoms with E-state index in [0.29, 0.717) is 16.7 Å². The molecule has 5 rings (SSSR count). The second kappa shape index (κ2) is 8.58. The minimum Gasteiger partial charge on any atom is -0.393 e. The van der Waals surface area contributed by atoms with Gasteiger partial charge in [-0.1, -0.05) is 62.8 Å². The predicted octanol–water partition coefficient (Wildman–Crippen LogP) is 7.08. The van der Waals surface area contributed by atoms with Crippen LogP contribution in [0.15, 0.2) is 42.0 Å². The van der Waals surface area contributed by atoms with Gasteiger partial charge in [-0.25, -0.2) is 0 Å². The summed E-state index contributed by atoms with van der Waals surface area (Å²) in [7, 11) is 0. The van der Waals surface area contributed by atoms with Gasteiger partial charge in [0.15, 0.2) is 0 Å². The van der Waals surface area contributed by atoms with E-state index in [4.69, 9.17) is 0 Å². The van der Waals surface area contributed by atoms with Crippen LogP contribution >= 0.6 is 0 Å². The Hall–Kier alpha value is -1.12. The van der Waals surface area contributed by atoms with Gasteiger partial charge >= 0.3 is 0 Å². The Labute approximate surface area is 195 Å². The summed E-state index contributed by atoms with van der Waals surface area (Å²) < 4.78 is 0. The molecule has 32 heavy (non-hydrogen) atoms. The number of rotatable bonds is 5. The molecule has 0 aromatic heterocycles. The Morgan fingerprint density at radius 3 is 2.53 bits per heavy atom. The Bertz CT molecular complexity index is 830. The van der Waals surface area contributed by atoms with Gasteiger partial charge < -0.3 is 10.2 Å². The van der Waals surface area contributed by atoms with Gasteiger partial charge in [-0.15, -0.1) is 0 Å². The first-order valence-corrected chi connectivity index (χ1v) is 13.4. The fourth-order valence-corrected chi connectivity index (χ4v) is 9.08. The minimum absolute atomic E-state index is 0.109. The number of fused-ring (bicyclic) bond motifs is 5. The van der Waals surface area contributed by atoms with E-state index in [1.54, 1.807) is 5.57 Å². The van der Waals surface area contributed by atoms with Crippen LogP contribution < -0.4 is 0 Å². The molecule has 9 atom stereocenters. The fourth-order valence-electron chi connectivity index (χ4n) is 9.08. The Balaban J connectivity index is 1.27. The Morgan fingerprint density at radius 1 is 0.969 bits per heavy atom. The van der Waals surface area contributed by atoms with Crippen LogP contribution in [0, 0.1) is 40.4 Å². The van der Waals surface area contributed by atoms with E-state index in [1.165, 1.54) is 38.5 Å². The van der Waals surface area contributed by atoms with Crippen molar-refractivity contribution in [3.8, 4) is 0 Å². The van der Waals surface area contributed by atoms with Gasteiger partial charge in [0.1, 0.15) is 0 Å². The number of hydrogen-bond donors (Lipinski definition) is 2. The molecule has 2 nitrogen and oxygen atoms in total. The summed E-state index contributed by atoms with van der Waals surface area (Å²) in [5.41, 5.74) is 3.45. The Kier molecular flexibility index (Phi) is 6.08. The third kappa shape index (κ3) is 3.70. The van der Waals surface area contributed by atoms with E-state index in [2.05, 4.69) is 39.0 Å². The van der Waals surface area contributed by atoms with E-state index >= 15 is 0 Å². The first-order chi connectivity index (χ1) is 15.3. The largest absolute Gasteiger partial charge is 0.393 e. The summed E-state index contributed by atoms with van der Waals surface area (Å²) in [5, 5.41) is 20.9. The van der Waals surface area contributed by atoms with E-state index < -0.39 is 0 Å². The molecule has 176 valence electrons. The van der Waals surface area contributed by atoms with Crippen molar-refractivity contribution in [1.82, 2.24) is 0 Å². The summed E-state index contributed by atoms with van der Waals surface area (Å²) in [5.74, 6) is 3.99. The molecule has 3 saturated carbocycles. The van der Waals surface area contributed by atoms with Crippen LogP contribution in [0.5, 0.6) is 0 Å². The van der Waals surface area contributed by atoms with Gasteiger partial charge in [0.2, 0.25) is 0 Å². The van der Waals surface area contributed by atoms with Crippen LogP contribution in [0.2, 0.25) is 0 Å². The van der Waals surface area contributed by atoms with Gasteiger partial charge in [-0.2, -0.15) is 0 Å². The van der Waals surface area contributed by atoms with Crippen LogP contribution in [-0.2, 0) is 0 Å². The molecule has 0 bridgehead atoms. The van der Waals surface area contributed by atoms with Crippen molar-refractivity contribution in [3.63, 3.8) is 0 Å². The molecule has 0 amide bonds. The highest BCUT2D eigenvalue weighted by Crippen LogP contribution is 2.67. The molecule has 0 spiro atoms. The lowest BCUT2D eigenvalue weighted by Crippen LogP contribution is -2.50. The average Bonchev–Trinajstić information content (AvgIpc) is 3.15. The molecule has 2 heteroatoms. The second-order valence-corrected chi connectivity index (χ2v) is 12.4. The SMILES string of the molecule is CC(CCC(O)c1ccccc1)C1CCC2C3CC=C4CC(O)CCC4(C)C3CCC12C. The molecule has 4 aliphatic rings. The third-order valence-corrected chi connectivity index (χ3v) is 10.9. The van der Waals surface area contributed by atoms with Crippen molar-refractivity contribution in [2.75, 3.05) is 0 Å². The number of hydrogen-bond acceptors (Lipinski definition) is 2. The standard InChI is InChI=1S/C30H44O2/c1-20(9-14-28(32)21-7-5-4-6-8-21)25-12-13-26-24-11-10-22-19-23(31)15-17-29(22,2)27(24)16-18-30(25,26)3/h4-8,10,20,23-28,31-32H,9,11-19H2,1-3H3. The minimum atomic E-state index is -0.331. The van der Waals surface area contributed by atoms with Gasteiger partial charge in [0.25, 0.3) is 0 Å². The van der Waals surface area contributed by atoms with Crippen molar-refractivity contribution >= 4 is 0 Å². The topological polar surface area (TPSA) is 40.5 Å². The van der Waals surface area contributed by atoms with Crippen LogP contribution in [0.3, 0.4) is 0 Å². The number of aliphatic hydroxyl groups excluding tert-OH is 2. The smallest absolute Gasteiger partial charge is 0.0790 e. The summed E-state index contributed by atoms with van der Waals surface area (Å²) in [6.45, 7) is 7.62. The van der Waals surface area contributed by atoms with Crippen LogP contribution in [0.4, 0.5) is 0 Å². The molecule has 0 saturated heterocycles. The highest BCUT2D eigenvalue weighted by molar-refractivity contribution is 5.25. The first kappa shape index (κ1) is 22.7. The normalized spacial score (nSPS) is 42.9. The van der Waals surface area contributed by atoms with Crippen LogP contribution in [0.1, 0.15) is 96.6 Å². The van der Waals surface area contributed by atoms with Gasteiger partial charge in [0.05, 0.1) is 12.2 Å². The Morgan fingerprint density at radius 2 is 1.75 bits per heavy atom. The number of aliphatic hydroxyl groups is 2. The van der Waals surface area contributed by atoms with Crippen LogP contribution in [-0.4, -0.2) is 16.3 Å². The molecule has 0 aliphatic heterocycles. The van der Waals surface area contributed by atoms with Crippen molar-refractivity contribution in [2.45, 2.75) is 97.2 Å². The lowest BCUT2D eigenvalue weighted by Gasteiger charge is -2.58. The van der Waals surface area contributed by atoms with Crippen molar-refractivity contribution in [1.29, 1.82) is 0 Å². The zero-order valence-corrected chi connectivity index (χ0v) is 20.5. The summed E-state index contributed by atoms with van der Waals surface area (Å²) in [6, 6.07) is 10.2. The first-order valence-electron chi connectivity index (χ1n) is 13.4. The second-order valence-electron chi connectivity index (χ2n) is 12.4. The summed E-state index contributed by atoms with van der Waals surface area (Å²) >= 11 is 0. The number of allylic oxidation sites excluding steroid dienone is 1. The molecule has 9 unspecified atom stereocenters. The van der Waals surface area contributed by atoms with Gasteiger partial charge in [-0.05, 0) is 110 Å². The van der Waals surface area contributed by atoms with E-state index in [-0.39, 0.29) is 12.2 Å². The molecule has 1 aromatic carbocycles. The van der Waals surface area contributed by atoms with E-state index in [9.17, 15) is 10.2 Å².